The Balaban J connectivity index is 1.52. The third-order valence-corrected chi connectivity index (χ3v) is 5.61. The Bertz CT molecular complexity index is 1070. The topological polar surface area (TPSA) is 70.2 Å². The molecule has 8 heteroatoms. The highest BCUT2D eigenvalue weighted by molar-refractivity contribution is 6.53. The maximum absolute atomic E-state index is 13.6. The minimum absolute atomic E-state index is 0.120. The summed E-state index contributed by atoms with van der Waals surface area (Å²) >= 11 is 0. The molecule has 7 nitrogen and oxygen atoms in total. The average Bonchev–Trinajstić information content (AvgIpc) is 2.99. The molecule has 0 saturated carbocycles. The molecule has 2 aromatic carbocycles. The van der Waals surface area contributed by atoms with Crippen molar-refractivity contribution in [1.29, 1.82) is 0 Å². The van der Waals surface area contributed by atoms with Gasteiger partial charge in [-0.2, -0.15) is 0 Å². The van der Waals surface area contributed by atoms with Gasteiger partial charge in [0.05, 0.1) is 42.0 Å². The van der Waals surface area contributed by atoms with Crippen molar-refractivity contribution >= 4 is 29.0 Å². The van der Waals surface area contributed by atoms with Crippen LogP contribution in [0.1, 0.15) is 36.7 Å². The van der Waals surface area contributed by atoms with E-state index in [1.807, 2.05) is 17.0 Å². The Kier molecular flexibility index (Phi) is 5.73. The molecular formula is C24H26FN3O4. The van der Waals surface area contributed by atoms with Gasteiger partial charge in [0.1, 0.15) is 5.82 Å². The number of amides is 1. The second-order valence-corrected chi connectivity index (χ2v) is 9.07. The van der Waals surface area contributed by atoms with E-state index in [0.29, 0.717) is 48.7 Å². The number of rotatable bonds is 4. The lowest BCUT2D eigenvalue weighted by Crippen LogP contribution is -2.48. The molecule has 2 aliphatic rings. The summed E-state index contributed by atoms with van der Waals surface area (Å²) in [6, 6.07) is 11.4. The van der Waals surface area contributed by atoms with E-state index < -0.39 is 17.1 Å². The fourth-order valence-corrected chi connectivity index (χ4v) is 3.84. The SMILES string of the molecule is CC(C)(C)C(=O)ON1CCN(c2cccc3c2C(=O)C(=O)N3Cc2cccc(F)c2)CC1. The number of carbonyl (C=O) groups excluding carboxylic acids is 3. The van der Waals surface area contributed by atoms with Crippen molar-refractivity contribution in [1.82, 2.24) is 5.06 Å². The summed E-state index contributed by atoms with van der Waals surface area (Å²) in [5, 5.41) is 1.64. The summed E-state index contributed by atoms with van der Waals surface area (Å²) in [5.74, 6) is -1.86. The number of benzene rings is 2. The van der Waals surface area contributed by atoms with Gasteiger partial charge in [-0.1, -0.05) is 18.2 Å². The number of anilines is 2. The number of carbonyl (C=O) groups is 3. The Morgan fingerprint density at radius 1 is 1.00 bits per heavy atom. The Morgan fingerprint density at radius 2 is 1.66 bits per heavy atom. The molecule has 0 aliphatic carbocycles. The van der Waals surface area contributed by atoms with Gasteiger partial charge in [-0.05, 0) is 50.6 Å². The monoisotopic (exact) mass is 439 g/mol. The Morgan fingerprint density at radius 3 is 2.31 bits per heavy atom. The second-order valence-electron chi connectivity index (χ2n) is 9.07. The fraction of sp³-hybridized carbons (Fsp3) is 0.375. The van der Waals surface area contributed by atoms with Crippen molar-refractivity contribution in [3.63, 3.8) is 0 Å². The number of halogens is 1. The van der Waals surface area contributed by atoms with E-state index in [0.717, 1.165) is 0 Å². The number of hydrogen-bond acceptors (Lipinski definition) is 6. The van der Waals surface area contributed by atoms with E-state index in [-0.39, 0.29) is 18.3 Å². The Labute approximate surface area is 186 Å². The van der Waals surface area contributed by atoms with Gasteiger partial charge < -0.3 is 14.6 Å². The van der Waals surface area contributed by atoms with Crippen molar-refractivity contribution in [2.24, 2.45) is 5.41 Å². The molecule has 32 heavy (non-hydrogen) atoms. The molecule has 1 fully saturated rings. The third kappa shape index (κ3) is 4.23. The Hall–Kier alpha value is -3.26. The van der Waals surface area contributed by atoms with E-state index in [1.54, 1.807) is 44.0 Å². The predicted molar refractivity (Wildman–Crippen MR) is 118 cm³/mol. The highest BCUT2D eigenvalue weighted by Gasteiger charge is 2.39. The van der Waals surface area contributed by atoms with Crippen molar-refractivity contribution in [3.8, 4) is 0 Å². The third-order valence-electron chi connectivity index (χ3n) is 5.61. The molecule has 0 radical (unpaired) electrons. The van der Waals surface area contributed by atoms with Crippen molar-refractivity contribution in [2.45, 2.75) is 27.3 Å². The smallest absolute Gasteiger partial charge is 0.330 e. The van der Waals surface area contributed by atoms with Gasteiger partial charge in [0.25, 0.3) is 11.7 Å². The van der Waals surface area contributed by atoms with Crippen LogP contribution in [0.2, 0.25) is 0 Å². The highest BCUT2D eigenvalue weighted by Crippen LogP contribution is 2.37. The van der Waals surface area contributed by atoms with Gasteiger partial charge in [-0.15, -0.1) is 5.06 Å². The van der Waals surface area contributed by atoms with E-state index in [1.165, 1.54) is 17.0 Å². The predicted octanol–water partition coefficient (Wildman–Crippen LogP) is 3.18. The number of hydroxylamine groups is 2. The van der Waals surface area contributed by atoms with Gasteiger partial charge in [0.2, 0.25) is 0 Å². The molecule has 0 unspecified atom stereocenters. The molecule has 2 aromatic rings. The van der Waals surface area contributed by atoms with E-state index >= 15 is 0 Å². The van der Waals surface area contributed by atoms with Gasteiger partial charge in [-0.3, -0.25) is 9.59 Å². The molecule has 0 aromatic heterocycles. The zero-order valence-electron chi connectivity index (χ0n) is 18.4. The molecule has 0 spiro atoms. The molecule has 0 atom stereocenters. The van der Waals surface area contributed by atoms with Gasteiger partial charge >= 0.3 is 5.97 Å². The first-order valence-electron chi connectivity index (χ1n) is 10.6. The molecule has 168 valence electrons. The molecule has 0 bridgehead atoms. The molecule has 2 aliphatic heterocycles. The number of piperazine rings is 1. The van der Waals surface area contributed by atoms with Crippen LogP contribution in [-0.4, -0.2) is 48.9 Å². The number of hydrogen-bond donors (Lipinski definition) is 0. The summed E-state index contributed by atoms with van der Waals surface area (Å²) in [7, 11) is 0. The van der Waals surface area contributed by atoms with E-state index in [4.69, 9.17) is 4.84 Å². The first kappa shape index (κ1) is 22.0. The first-order chi connectivity index (χ1) is 15.1. The second kappa shape index (κ2) is 8.35. The number of Topliss-reactive ketones (excluding diaryl/α,β-unsaturated/α-hetero) is 1. The van der Waals surface area contributed by atoms with Gasteiger partial charge in [0.15, 0.2) is 0 Å². The fourth-order valence-electron chi connectivity index (χ4n) is 3.84. The maximum Gasteiger partial charge on any atom is 0.330 e. The summed E-state index contributed by atoms with van der Waals surface area (Å²) in [5.41, 5.74) is 1.61. The van der Waals surface area contributed by atoms with Crippen LogP contribution < -0.4 is 9.80 Å². The van der Waals surface area contributed by atoms with Crippen LogP contribution in [0.5, 0.6) is 0 Å². The molecule has 1 amide bonds. The first-order valence-corrected chi connectivity index (χ1v) is 10.6. The summed E-state index contributed by atoms with van der Waals surface area (Å²) in [6.07, 6.45) is 0. The standard InChI is InChI=1S/C24H26FN3O4/c1-24(2,3)23(31)32-27-12-10-26(11-13-27)18-8-5-9-19-20(18)21(29)22(30)28(19)15-16-6-4-7-17(25)14-16/h4-9,14H,10-13,15H2,1-3H3. The quantitative estimate of drug-likeness (QED) is 0.682. The normalized spacial score (nSPS) is 17.0. The van der Waals surface area contributed by atoms with E-state index in [2.05, 4.69) is 0 Å². The summed E-state index contributed by atoms with van der Waals surface area (Å²) < 4.78 is 13.6. The lowest BCUT2D eigenvalue weighted by molar-refractivity contribution is -0.201. The minimum atomic E-state index is -0.616. The van der Waals surface area contributed by atoms with Crippen molar-refractivity contribution in [3.05, 3.63) is 59.4 Å². The van der Waals surface area contributed by atoms with Crippen LogP contribution in [0, 0.1) is 11.2 Å². The molecular weight excluding hydrogens is 413 g/mol. The molecule has 4 rings (SSSR count). The molecule has 2 heterocycles. The average molecular weight is 439 g/mol. The largest absolute Gasteiger partial charge is 0.368 e. The lowest BCUT2D eigenvalue weighted by Gasteiger charge is -2.36. The lowest BCUT2D eigenvalue weighted by atomic mass is 9.98. The number of nitrogens with zero attached hydrogens (tertiary/aromatic N) is 3. The van der Waals surface area contributed by atoms with Crippen LogP contribution in [0.25, 0.3) is 0 Å². The van der Waals surface area contributed by atoms with Crippen LogP contribution in [0.3, 0.4) is 0 Å². The van der Waals surface area contributed by atoms with Crippen molar-refractivity contribution < 1.29 is 23.6 Å². The van der Waals surface area contributed by atoms with Crippen LogP contribution in [0.4, 0.5) is 15.8 Å². The molecule has 1 saturated heterocycles. The van der Waals surface area contributed by atoms with E-state index in [9.17, 15) is 18.8 Å². The van der Waals surface area contributed by atoms with Crippen LogP contribution in [-0.2, 0) is 21.0 Å². The van der Waals surface area contributed by atoms with Gasteiger partial charge in [-0.25, -0.2) is 9.18 Å². The van der Waals surface area contributed by atoms with Crippen LogP contribution in [0.15, 0.2) is 42.5 Å². The number of fused-ring (bicyclic) bond motifs is 1. The molecule has 0 N–H and O–H groups in total. The summed E-state index contributed by atoms with van der Waals surface area (Å²) in [6.45, 7) is 7.58. The number of ketones is 1. The maximum atomic E-state index is 13.6. The van der Waals surface area contributed by atoms with Crippen molar-refractivity contribution in [2.75, 3.05) is 36.0 Å². The summed E-state index contributed by atoms with van der Waals surface area (Å²) in [4.78, 5) is 46.7. The van der Waals surface area contributed by atoms with Crippen LogP contribution >= 0.6 is 0 Å². The van der Waals surface area contributed by atoms with Gasteiger partial charge in [0, 0.05) is 13.1 Å². The zero-order chi connectivity index (χ0) is 23.0. The highest BCUT2D eigenvalue weighted by atomic mass is 19.1. The zero-order valence-corrected chi connectivity index (χ0v) is 18.4. The minimum Gasteiger partial charge on any atom is -0.368 e.